The minimum Gasteiger partial charge on any atom is -0.444 e. The van der Waals surface area contributed by atoms with Crippen molar-refractivity contribution in [2.75, 3.05) is 12.4 Å². The molecule has 0 aromatic carbocycles. The average Bonchev–Trinajstić information content (AvgIpc) is 2.63. The van der Waals surface area contributed by atoms with Gasteiger partial charge in [-0.15, -0.1) is 0 Å². The molecular formula is C11H15ClN4O4S. The fourth-order valence-electron chi connectivity index (χ4n) is 1.19. The highest BCUT2D eigenvalue weighted by Crippen LogP contribution is 2.29. The van der Waals surface area contributed by atoms with Crippen LogP contribution in [0.5, 0.6) is 0 Å². The number of nitrogens with two attached hydrogens (primary N) is 1. The maximum atomic E-state index is 11.6. The normalized spacial score (nSPS) is 12.0. The van der Waals surface area contributed by atoms with Gasteiger partial charge >= 0.3 is 6.09 Å². The maximum absolute atomic E-state index is 11.6. The molecule has 8 nitrogen and oxygen atoms in total. The SMILES string of the molecule is CO/N=C(\C(N)=O)c1nc(NC(=O)OC(C)(C)C)sc1Cl. The molecule has 0 saturated carbocycles. The number of hydrogen-bond acceptors (Lipinski definition) is 7. The van der Waals surface area contributed by atoms with Crippen LogP contribution >= 0.6 is 22.9 Å². The summed E-state index contributed by atoms with van der Waals surface area (Å²) in [4.78, 5) is 31.4. The van der Waals surface area contributed by atoms with Gasteiger partial charge in [0.2, 0.25) is 0 Å². The molecule has 116 valence electrons. The Balaban J connectivity index is 2.95. The molecule has 10 heteroatoms. The summed E-state index contributed by atoms with van der Waals surface area (Å²) in [5.74, 6) is -0.854. The molecule has 0 aliphatic carbocycles. The highest BCUT2D eigenvalue weighted by atomic mass is 35.5. The van der Waals surface area contributed by atoms with Gasteiger partial charge in [0.25, 0.3) is 5.91 Å². The smallest absolute Gasteiger partial charge is 0.413 e. The van der Waals surface area contributed by atoms with Crippen molar-refractivity contribution in [2.45, 2.75) is 26.4 Å². The Hall–Kier alpha value is -1.87. The third kappa shape index (κ3) is 5.20. The number of carbonyl (C=O) groups is 2. The number of rotatable bonds is 4. The highest BCUT2D eigenvalue weighted by molar-refractivity contribution is 7.20. The Bertz CT molecular complexity index is 579. The van der Waals surface area contributed by atoms with Crippen LogP contribution in [0, 0.1) is 0 Å². The van der Waals surface area contributed by atoms with Gasteiger partial charge in [0.1, 0.15) is 22.7 Å². The Kier molecular flexibility index (Phi) is 5.50. The van der Waals surface area contributed by atoms with E-state index < -0.39 is 17.6 Å². The van der Waals surface area contributed by atoms with Crippen molar-refractivity contribution in [1.82, 2.24) is 4.98 Å². The van der Waals surface area contributed by atoms with Gasteiger partial charge in [-0.2, -0.15) is 0 Å². The highest BCUT2D eigenvalue weighted by Gasteiger charge is 2.23. The van der Waals surface area contributed by atoms with Crippen LogP contribution in [0.3, 0.4) is 0 Å². The van der Waals surface area contributed by atoms with E-state index in [4.69, 9.17) is 22.1 Å². The average molecular weight is 335 g/mol. The van der Waals surface area contributed by atoms with Crippen LogP contribution in [0.2, 0.25) is 4.34 Å². The lowest BCUT2D eigenvalue weighted by Gasteiger charge is -2.18. The number of thiazole rings is 1. The summed E-state index contributed by atoms with van der Waals surface area (Å²) in [6, 6.07) is 0. The van der Waals surface area contributed by atoms with E-state index >= 15 is 0 Å². The first-order chi connectivity index (χ1) is 9.64. The number of amides is 2. The molecule has 2 amide bonds. The molecule has 21 heavy (non-hydrogen) atoms. The third-order valence-electron chi connectivity index (χ3n) is 1.83. The van der Waals surface area contributed by atoms with Crippen molar-refractivity contribution in [3.05, 3.63) is 10.0 Å². The molecule has 1 heterocycles. The predicted molar refractivity (Wildman–Crippen MR) is 79.7 cm³/mol. The number of halogens is 1. The van der Waals surface area contributed by atoms with Crippen LogP contribution in [0.4, 0.5) is 9.93 Å². The van der Waals surface area contributed by atoms with E-state index in [-0.39, 0.29) is 20.9 Å². The summed E-state index contributed by atoms with van der Waals surface area (Å²) in [6.45, 7) is 5.18. The zero-order valence-electron chi connectivity index (χ0n) is 11.9. The molecule has 0 unspecified atom stereocenters. The minimum absolute atomic E-state index is 0.0297. The fraction of sp³-hybridized carbons (Fsp3) is 0.455. The second kappa shape index (κ2) is 6.72. The van der Waals surface area contributed by atoms with E-state index in [2.05, 4.69) is 20.3 Å². The molecular weight excluding hydrogens is 320 g/mol. The quantitative estimate of drug-likeness (QED) is 0.645. The number of ether oxygens (including phenoxy) is 1. The number of nitrogens with zero attached hydrogens (tertiary/aromatic N) is 2. The van der Waals surface area contributed by atoms with Gasteiger partial charge in [0.15, 0.2) is 10.8 Å². The first kappa shape index (κ1) is 17.2. The molecule has 1 aromatic heterocycles. The third-order valence-corrected chi connectivity index (χ3v) is 3.00. The summed E-state index contributed by atoms with van der Waals surface area (Å²) in [6.07, 6.45) is -0.691. The Morgan fingerprint density at radius 3 is 2.52 bits per heavy atom. The molecule has 0 saturated heterocycles. The standard InChI is InChI=1S/C11H15ClN4O4S/c1-11(2,3)20-10(18)15-9-14-5(7(12)21-9)6(8(13)17)16-19-4/h1-4H3,(H2,13,17)(H,14,15,18)/b16-6-. The number of oxime groups is 1. The number of aromatic nitrogens is 1. The van der Waals surface area contributed by atoms with E-state index in [9.17, 15) is 9.59 Å². The van der Waals surface area contributed by atoms with E-state index in [0.717, 1.165) is 11.3 Å². The summed E-state index contributed by atoms with van der Waals surface area (Å²) in [5, 5.41) is 6.02. The van der Waals surface area contributed by atoms with E-state index in [1.165, 1.54) is 7.11 Å². The van der Waals surface area contributed by atoms with Gasteiger partial charge in [0.05, 0.1) is 0 Å². The van der Waals surface area contributed by atoms with Crippen LogP contribution in [-0.2, 0) is 14.4 Å². The van der Waals surface area contributed by atoms with Gasteiger partial charge in [-0.05, 0) is 20.8 Å². The fourth-order valence-corrected chi connectivity index (χ4v) is 2.22. The maximum Gasteiger partial charge on any atom is 0.413 e. The second-order valence-corrected chi connectivity index (χ2v) is 6.36. The molecule has 3 N–H and O–H groups in total. The summed E-state index contributed by atoms with van der Waals surface area (Å²) in [7, 11) is 1.25. The lowest BCUT2D eigenvalue weighted by atomic mass is 10.2. The first-order valence-electron chi connectivity index (χ1n) is 5.71. The predicted octanol–water partition coefficient (Wildman–Crippen LogP) is 1.98. The van der Waals surface area contributed by atoms with Gasteiger partial charge in [-0.3, -0.25) is 10.1 Å². The number of hydrogen-bond donors (Lipinski definition) is 2. The van der Waals surface area contributed by atoms with E-state index in [1.54, 1.807) is 20.8 Å². The van der Waals surface area contributed by atoms with Crippen molar-refractivity contribution in [3.8, 4) is 0 Å². The van der Waals surface area contributed by atoms with Crippen LogP contribution in [0.1, 0.15) is 26.5 Å². The number of nitrogens with one attached hydrogen (secondary N) is 1. The molecule has 0 bridgehead atoms. The molecule has 0 aliphatic rings. The van der Waals surface area contributed by atoms with Crippen molar-refractivity contribution in [2.24, 2.45) is 10.9 Å². The lowest BCUT2D eigenvalue weighted by Crippen LogP contribution is -2.27. The Labute approximate surface area is 130 Å². The van der Waals surface area contributed by atoms with Crippen molar-refractivity contribution < 1.29 is 19.2 Å². The topological polar surface area (TPSA) is 116 Å². The van der Waals surface area contributed by atoms with E-state index in [1.807, 2.05) is 0 Å². The zero-order chi connectivity index (χ0) is 16.2. The van der Waals surface area contributed by atoms with Gasteiger partial charge < -0.3 is 15.3 Å². The van der Waals surface area contributed by atoms with Crippen LogP contribution in [0.25, 0.3) is 0 Å². The molecule has 1 rings (SSSR count). The molecule has 0 spiro atoms. The summed E-state index contributed by atoms with van der Waals surface area (Å²) < 4.78 is 5.21. The van der Waals surface area contributed by atoms with Crippen molar-refractivity contribution in [3.63, 3.8) is 0 Å². The van der Waals surface area contributed by atoms with Crippen molar-refractivity contribution >= 4 is 45.8 Å². The van der Waals surface area contributed by atoms with Gasteiger partial charge in [-0.1, -0.05) is 28.1 Å². The summed E-state index contributed by atoms with van der Waals surface area (Å²) in [5.41, 5.74) is 4.30. The zero-order valence-corrected chi connectivity index (χ0v) is 13.5. The molecule has 0 fully saturated rings. The minimum atomic E-state index is -0.854. The van der Waals surface area contributed by atoms with Crippen molar-refractivity contribution in [1.29, 1.82) is 0 Å². The lowest BCUT2D eigenvalue weighted by molar-refractivity contribution is -0.112. The van der Waals surface area contributed by atoms with Crippen LogP contribution < -0.4 is 11.1 Å². The Morgan fingerprint density at radius 2 is 2.05 bits per heavy atom. The number of anilines is 1. The molecule has 0 aliphatic heterocycles. The number of carbonyl (C=O) groups excluding carboxylic acids is 2. The molecule has 0 atom stereocenters. The summed E-state index contributed by atoms with van der Waals surface area (Å²) >= 11 is 6.89. The van der Waals surface area contributed by atoms with Gasteiger partial charge in [-0.25, -0.2) is 9.78 Å². The Morgan fingerprint density at radius 1 is 1.43 bits per heavy atom. The number of primary amides is 1. The monoisotopic (exact) mass is 334 g/mol. The largest absolute Gasteiger partial charge is 0.444 e. The first-order valence-corrected chi connectivity index (χ1v) is 6.91. The van der Waals surface area contributed by atoms with Crippen LogP contribution in [0.15, 0.2) is 5.16 Å². The van der Waals surface area contributed by atoms with Crippen LogP contribution in [-0.4, -0.2) is 35.4 Å². The molecule has 1 aromatic rings. The second-order valence-electron chi connectivity index (χ2n) is 4.75. The molecule has 0 radical (unpaired) electrons. The van der Waals surface area contributed by atoms with Gasteiger partial charge in [0, 0.05) is 0 Å². The van der Waals surface area contributed by atoms with E-state index in [0.29, 0.717) is 0 Å².